The standard InChI is InChI=1S/C12H16FNO3/c1-4-17-10-6-5-8(7-9(10)13)14-11(15)12(2,3)16/h5-7,16H,4H2,1-3H3,(H,14,15). The number of nitrogens with one attached hydrogen (secondary N) is 1. The van der Waals surface area contributed by atoms with Gasteiger partial charge in [-0.3, -0.25) is 4.79 Å². The molecule has 0 spiro atoms. The van der Waals surface area contributed by atoms with E-state index in [0.29, 0.717) is 6.61 Å². The van der Waals surface area contributed by atoms with Crippen molar-refractivity contribution >= 4 is 11.6 Å². The normalized spacial score (nSPS) is 11.1. The summed E-state index contributed by atoms with van der Waals surface area (Å²) < 4.78 is 18.5. The first-order valence-corrected chi connectivity index (χ1v) is 5.30. The SMILES string of the molecule is CCOc1ccc(NC(=O)C(C)(C)O)cc1F. The van der Waals surface area contributed by atoms with E-state index in [4.69, 9.17) is 4.74 Å². The molecule has 2 N–H and O–H groups in total. The Bertz CT molecular complexity index is 413. The van der Waals surface area contributed by atoms with Crippen molar-refractivity contribution in [2.75, 3.05) is 11.9 Å². The van der Waals surface area contributed by atoms with Crippen molar-refractivity contribution in [3.8, 4) is 5.75 Å². The van der Waals surface area contributed by atoms with E-state index in [0.717, 1.165) is 6.07 Å². The molecule has 0 heterocycles. The minimum atomic E-state index is -1.50. The van der Waals surface area contributed by atoms with Gasteiger partial charge in [0.05, 0.1) is 6.61 Å². The lowest BCUT2D eigenvalue weighted by Crippen LogP contribution is -2.36. The number of carbonyl (C=O) groups excluding carboxylic acids is 1. The quantitative estimate of drug-likeness (QED) is 0.846. The highest BCUT2D eigenvalue weighted by molar-refractivity contribution is 5.96. The van der Waals surface area contributed by atoms with Gasteiger partial charge in [0.25, 0.3) is 5.91 Å². The first-order chi connectivity index (χ1) is 7.84. The van der Waals surface area contributed by atoms with Gasteiger partial charge in [0.1, 0.15) is 5.60 Å². The molecule has 1 rings (SSSR count). The van der Waals surface area contributed by atoms with Crippen LogP contribution >= 0.6 is 0 Å². The van der Waals surface area contributed by atoms with Crippen molar-refractivity contribution in [2.45, 2.75) is 26.4 Å². The maximum absolute atomic E-state index is 13.4. The molecule has 0 aliphatic heterocycles. The van der Waals surface area contributed by atoms with Crippen molar-refractivity contribution in [3.63, 3.8) is 0 Å². The van der Waals surface area contributed by atoms with Gasteiger partial charge in [-0.05, 0) is 32.9 Å². The van der Waals surface area contributed by atoms with Crippen LogP contribution < -0.4 is 10.1 Å². The highest BCUT2D eigenvalue weighted by atomic mass is 19.1. The smallest absolute Gasteiger partial charge is 0.255 e. The lowest BCUT2D eigenvalue weighted by atomic mass is 10.1. The Morgan fingerprint density at radius 1 is 1.53 bits per heavy atom. The Morgan fingerprint density at radius 2 is 2.18 bits per heavy atom. The first kappa shape index (κ1) is 13.4. The third-order valence-corrected chi connectivity index (χ3v) is 2.05. The lowest BCUT2D eigenvalue weighted by molar-refractivity contribution is -0.130. The summed E-state index contributed by atoms with van der Waals surface area (Å²) in [5.41, 5.74) is -1.23. The van der Waals surface area contributed by atoms with E-state index in [9.17, 15) is 14.3 Å². The van der Waals surface area contributed by atoms with Crippen LogP contribution in [0.1, 0.15) is 20.8 Å². The van der Waals surface area contributed by atoms with Crippen molar-refractivity contribution in [2.24, 2.45) is 0 Å². The van der Waals surface area contributed by atoms with Crippen LogP contribution in [0.4, 0.5) is 10.1 Å². The Labute approximate surface area is 99.4 Å². The molecule has 0 bridgehead atoms. The second-order valence-corrected chi connectivity index (χ2v) is 4.09. The molecule has 4 nitrogen and oxygen atoms in total. The van der Waals surface area contributed by atoms with Crippen LogP contribution in [0, 0.1) is 5.82 Å². The number of aliphatic hydroxyl groups is 1. The van der Waals surface area contributed by atoms with Gasteiger partial charge < -0.3 is 15.2 Å². The first-order valence-electron chi connectivity index (χ1n) is 5.30. The Kier molecular flexibility index (Phi) is 4.07. The van der Waals surface area contributed by atoms with Gasteiger partial charge >= 0.3 is 0 Å². The number of amides is 1. The van der Waals surface area contributed by atoms with Crippen LogP contribution in [0.25, 0.3) is 0 Å². The van der Waals surface area contributed by atoms with Crippen LogP contribution in [0.15, 0.2) is 18.2 Å². The van der Waals surface area contributed by atoms with Crippen LogP contribution in [0.3, 0.4) is 0 Å². The van der Waals surface area contributed by atoms with Crippen LogP contribution in [-0.4, -0.2) is 23.2 Å². The molecule has 0 atom stereocenters. The van der Waals surface area contributed by atoms with Crippen LogP contribution in [-0.2, 0) is 4.79 Å². The zero-order chi connectivity index (χ0) is 13.1. The highest BCUT2D eigenvalue weighted by Crippen LogP contribution is 2.21. The van der Waals surface area contributed by atoms with Gasteiger partial charge in [-0.1, -0.05) is 0 Å². The largest absolute Gasteiger partial charge is 0.491 e. The number of rotatable bonds is 4. The summed E-state index contributed by atoms with van der Waals surface area (Å²) in [6, 6.07) is 4.09. The highest BCUT2D eigenvalue weighted by Gasteiger charge is 2.23. The average Bonchev–Trinajstić information content (AvgIpc) is 2.21. The molecule has 94 valence electrons. The summed E-state index contributed by atoms with van der Waals surface area (Å²) in [5.74, 6) is -1.02. The molecule has 0 radical (unpaired) electrons. The summed E-state index contributed by atoms with van der Waals surface area (Å²) in [4.78, 5) is 11.4. The van der Waals surface area contributed by atoms with Crippen LogP contribution in [0.2, 0.25) is 0 Å². The number of hydrogen-bond donors (Lipinski definition) is 2. The summed E-state index contributed by atoms with van der Waals surface area (Å²) in [5, 5.41) is 11.8. The second kappa shape index (κ2) is 5.14. The Balaban J connectivity index is 2.81. The number of carbonyl (C=O) groups is 1. The van der Waals surface area contributed by atoms with Crippen LogP contribution in [0.5, 0.6) is 5.75 Å². The van der Waals surface area contributed by atoms with Gasteiger partial charge in [-0.2, -0.15) is 0 Å². The maximum Gasteiger partial charge on any atom is 0.255 e. The second-order valence-electron chi connectivity index (χ2n) is 4.09. The maximum atomic E-state index is 13.4. The zero-order valence-corrected chi connectivity index (χ0v) is 10.1. The molecule has 5 heteroatoms. The predicted octanol–water partition coefficient (Wildman–Crippen LogP) is 1.93. The molecule has 0 unspecified atom stereocenters. The minimum absolute atomic E-state index is 0.133. The summed E-state index contributed by atoms with van der Waals surface area (Å²) >= 11 is 0. The van der Waals surface area contributed by atoms with Crippen molar-refractivity contribution in [1.82, 2.24) is 0 Å². The van der Waals surface area contributed by atoms with Crippen molar-refractivity contribution < 1.29 is 19.0 Å². The number of anilines is 1. The lowest BCUT2D eigenvalue weighted by Gasteiger charge is -2.16. The molecule has 17 heavy (non-hydrogen) atoms. The third kappa shape index (κ3) is 3.71. The fraction of sp³-hybridized carbons (Fsp3) is 0.417. The van der Waals surface area contributed by atoms with Gasteiger partial charge in [0.15, 0.2) is 11.6 Å². The fourth-order valence-electron chi connectivity index (χ4n) is 1.14. The fourth-order valence-corrected chi connectivity index (χ4v) is 1.14. The minimum Gasteiger partial charge on any atom is -0.491 e. The molecule has 1 amide bonds. The Hall–Kier alpha value is -1.62. The molecule has 0 fully saturated rings. The third-order valence-electron chi connectivity index (χ3n) is 2.05. The van der Waals surface area contributed by atoms with Gasteiger partial charge in [0, 0.05) is 11.8 Å². The van der Waals surface area contributed by atoms with E-state index in [2.05, 4.69) is 5.32 Å². The Morgan fingerprint density at radius 3 is 2.65 bits per heavy atom. The molecule has 0 aliphatic rings. The summed E-state index contributed by atoms with van der Waals surface area (Å²) in [7, 11) is 0. The van der Waals surface area contributed by atoms with Gasteiger partial charge in [-0.15, -0.1) is 0 Å². The number of halogens is 1. The molecule has 0 saturated carbocycles. The molecule has 0 aliphatic carbocycles. The van der Waals surface area contributed by atoms with E-state index < -0.39 is 17.3 Å². The number of hydrogen-bond acceptors (Lipinski definition) is 3. The van der Waals surface area contributed by atoms with Gasteiger partial charge in [0.2, 0.25) is 0 Å². The number of ether oxygens (including phenoxy) is 1. The molecular weight excluding hydrogens is 225 g/mol. The van der Waals surface area contributed by atoms with Crippen molar-refractivity contribution in [1.29, 1.82) is 0 Å². The van der Waals surface area contributed by atoms with E-state index in [1.807, 2.05) is 0 Å². The van der Waals surface area contributed by atoms with Crippen molar-refractivity contribution in [3.05, 3.63) is 24.0 Å². The molecular formula is C12H16FNO3. The molecule has 1 aromatic rings. The van der Waals surface area contributed by atoms with E-state index >= 15 is 0 Å². The predicted molar refractivity (Wildman–Crippen MR) is 62.5 cm³/mol. The topological polar surface area (TPSA) is 58.6 Å². The van der Waals surface area contributed by atoms with E-state index in [1.54, 1.807) is 6.92 Å². The molecule has 1 aromatic carbocycles. The number of benzene rings is 1. The summed E-state index contributed by atoms with van der Waals surface area (Å²) in [6.45, 7) is 4.83. The molecule has 0 saturated heterocycles. The average molecular weight is 241 g/mol. The van der Waals surface area contributed by atoms with E-state index in [-0.39, 0.29) is 11.4 Å². The molecule has 0 aromatic heterocycles. The zero-order valence-electron chi connectivity index (χ0n) is 10.1. The van der Waals surface area contributed by atoms with E-state index in [1.165, 1.54) is 26.0 Å². The van der Waals surface area contributed by atoms with Gasteiger partial charge in [-0.25, -0.2) is 4.39 Å². The monoisotopic (exact) mass is 241 g/mol. The summed E-state index contributed by atoms with van der Waals surface area (Å²) in [6.07, 6.45) is 0.